The standard InChI is InChI=1S/C38H39Cl4N3O3S/c1-45(21-22-48-34(46)23-26-11-3-5-17-32(26)43-36-28(39)13-9-14-29(36)40)25-38(19-7-2-8-20-38)49-35(47)24-27-12-4-6-18-33(27)44-37-30(41)15-10-16-31(37)42/h3-6,9-18,43-44H,2,7-8,19-25H2,1H3. The Morgan fingerprint density at radius 3 is 1.73 bits per heavy atom. The van der Waals surface area contributed by atoms with Gasteiger partial charge in [-0.05, 0) is 67.4 Å². The monoisotopic (exact) mass is 757 g/mol. The fourth-order valence-electron chi connectivity index (χ4n) is 6.11. The Morgan fingerprint density at radius 2 is 1.20 bits per heavy atom. The summed E-state index contributed by atoms with van der Waals surface area (Å²) >= 11 is 27.0. The summed E-state index contributed by atoms with van der Waals surface area (Å²) in [5.74, 6) is -0.324. The van der Waals surface area contributed by atoms with Gasteiger partial charge in [-0.25, -0.2) is 0 Å². The topological polar surface area (TPSA) is 70.7 Å². The molecule has 0 atom stereocenters. The van der Waals surface area contributed by atoms with Gasteiger partial charge in [0, 0.05) is 35.6 Å². The summed E-state index contributed by atoms with van der Waals surface area (Å²) in [7, 11) is 2.02. The van der Waals surface area contributed by atoms with Gasteiger partial charge in [0.1, 0.15) is 6.61 Å². The van der Waals surface area contributed by atoms with E-state index in [-0.39, 0.29) is 35.3 Å². The van der Waals surface area contributed by atoms with E-state index in [2.05, 4.69) is 15.5 Å². The van der Waals surface area contributed by atoms with Crippen molar-refractivity contribution in [2.75, 3.05) is 37.4 Å². The van der Waals surface area contributed by atoms with E-state index in [1.54, 1.807) is 36.4 Å². The molecule has 1 aliphatic rings. The molecule has 0 radical (unpaired) electrons. The van der Waals surface area contributed by atoms with E-state index in [1.165, 1.54) is 18.2 Å². The average Bonchev–Trinajstić information content (AvgIpc) is 3.06. The van der Waals surface area contributed by atoms with Gasteiger partial charge in [0.15, 0.2) is 5.12 Å². The SMILES string of the molecule is CN(CCOC(=O)Cc1ccccc1Nc1c(Cl)cccc1Cl)CC1(SC(=O)Cc2ccccc2Nc2c(Cl)cccc2Cl)CCCCC1. The molecule has 11 heteroatoms. The Morgan fingerprint density at radius 1 is 0.714 bits per heavy atom. The third-order valence-electron chi connectivity index (χ3n) is 8.54. The molecule has 258 valence electrons. The molecule has 0 bridgehead atoms. The summed E-state index contributed by atoms with van der Waals surface area (Å²) < 4.78 is 5.47. The Labute approximate surface area is 312 Å². The maximum absolute atomic E-state index is 13.6. The molecule has 2 N–H and O–H groups in total. The number of carbonyl (C=O) groups excluding carboxylic acids is 2. The van der Waals surface area contributed by atoms with E-state index in [1.807, 2.05) is 55.6 Å². The second kappa shape index (κ2) is 17.8. The number of benzene rings is 4. The van der Waals surface area contributed by atoms with Gasteiger partial charge in [-0.1, -0.05) is 126 Å². The second-order valence-corrected chi connectivity index (χ2v) is 15.4. The number of likely N-dealkylation sites (N-methyl/N-ethyl adjacent to an activating group) is 1. The van der Waals surface area contributed by atoms with Crippen molar-refractivity contribution in [1.29, 1.82) is 0 Å². The van der Waals surface area contributed by atoms with Gasteiger partial charge in [0.25, 0.3) is 0 Å². The van der Waals surface area contributed by atoms with Gasteiger partial charge in [0.2, 0.25) is 0 Å². The van der Waals surface area contributed by atoms with Crippen LogP contribution in [0.4, 0.5) is 22.7 Å². The zero-order valence-electron chi connectivity index (χ0n) is 27.2. The van der Waals surface area contributed by atoms with E-state index in [0.29, 0.717) is 38.0 Å². The number of thioether (sulfide) groups is 1. The minimum atomic E-state index is -0.324. The lowest BCUT2D eigenvalue weighted by Crippen LogP contribution is -2.42. The molecule has 0 heterocycles. The van der Waals surface area contributed by atoms with E-state index in [9.17, 15) is 9.59 Å². The molecule has 0 aromatic heterocycles. The first-order valence-electron chi connectivity index (χ1n) is 16.3. The molecule has 0 amide bonds. The van der Waals surface area contributed by atoms with Crippen molar-refractivity contribution >= 4 is 92.0 Å². The van der Waals surface area contributed by atoms with Crippen molar-refractivity contribution in [3.05, 3.63) is 116 Å². The first-order valence-corrected chi connectivity index (χ1v) is 18.6. The van der Waals surface area contributed by atoms with Gasteiger partial charge in [0.05, 0.1) is 37.9 Å². The zero-order valence-corrected chi connectivity index (χ0v) is 31.1. The number of anilines is 4. The van der Waals surface area contributed by atoms with Crippen LogP contribution in [0.3, 0.4) is 0 Å². The quantitative estimate of drug-likeness (QED) is 0.124. The molecular weight excluding hydrogens is 720 g/mol. The van der Waals surface area contributed by atoms with Crippen molar-refractivity contribution in [1.82, 2.24) is 4.90 Å². The molecule has 1 fully saturated rings. The highest BCUT2D eigenvalue weighted by Crippen LogP contribution is 2.42. The highest BCUT2D eigenvalue weighted by atomic mass is 35.5. The highest BCUT2D eigenvalue weighted by Gasteiger charge is 2.36. The van der Waals surface area contributed by atoms with Crippen LogP contribution >= 0.6 is 58.2 Å². The predicted molar refractivity (Wildman–Crippen MR) is 207 cm³/mol. The first-order chi connectivity index (χ1) is 23.6. The maximum Gasteiger partial charge on any atom is 0.310 e. The smallest absolute Gasteiger partial charge is 0.310 e. The second-order valence-electron chi connectivity index (χ2n) is 12.3. The van der Waals surface area contributed by atoms with Gasteiger partial charge < -0.3 is 20.3 Å². The van der Waals surface area contributed by atoms with Crippen LogP contribution in [-0.2, 0) is 27.2 Å². The fourth-order valence-corrected chi connectivity index (χ4v) is 8.58. The van der Waals surface area contributed by atoms with Crippen LogP contribution in [0.5, 0.6) is 0 Å². The molecule has 5 rings (SSSR count). The minimum absolute atomic E-state index is 0.0995. The maximum atomic E-state index is 13.6. The number of hydrogen-bond acceptors (Lipinski definition) is 7. The molecule has 4 aromatic rings. The Balaban J connectivity index is 1.15. The summed E-state index contributed by atoms with van der Waals surface area (Å²) in [5.41, 5.74) is 4.40. The average molecular weight is 760 g/mol. The largest absolute Gasteiger partial charge is 0.464 e. The van der Waals surface area contributed by atoms with E-state index in [0.717, 1.165) is 54.7 Å². The van der Waals surface area contributed by atoms with Gasteiger partial charge in [-0.15, -0.1) is 0 Å². The van der Waals surface area contributed by atoms with Crippen molar-refractivity contribution in [2.45, 2.75) is 49.7 Å². The Hall–Kier alpha value is -2.91. The van der Waals surface area contributed by atoms with Crippen molar-refractivity contribution < 1.29 is 14.3 Å². The normalized spacial score (nSPS) is 14.0. The van der Waals surface area contributed by atoms with E-state index in [4.69, 9.17) is 51.1 Å². The predicted octanol–water partition coefficient (Wildman–Crippen LogP) is 11.0. The van der Waals surface area contributed by atoms with Crippen molar-refractivity contribution in [3.63, 3.8) is 0 Å². The molecule has 1 aliphatic carbocycles. The lowest BCUT2D eigenvalue weighted by atomic mass is 9.88. The van der Waals surface area contributed by atoms with Gasteiger partial charge >= 0.3 is 5.97 Å². The molecule has 0 saturated heterocycles. The number of esters is 1. The Kier molecular flexibility index (Phi) is 13.6. The number of para-hydroxylation sites is 4. The van der Waals surface area contributed by atoms with Crippen LogP contribution in [0.2, 0.25) is 20.1 Å². The van der Waals surface area contributed by atoms with E-state index < -0.39 is 0 Å². The van der Waals surface area contributed by atoms with Crippen LogP contribution in [0.25, 0.3) is 0 Å². The molecule has 4 aromatic carbocycles. The number of halogens is 4. The number of ether oxygens (including phenoxy) is 1. The number of nitrogens with zero attached hydrogens (tertiary/aromatic N) is 1. The molecule has 1 saturated carbocycles. The highest BCUT2D eigenvalue weighted by molar-refractivity contribution is 8.14. The Bertz CT molecular complexity index is 1730. The van der Waals surface area contributed by atoms with Gasteiger partial charge in [-0.2, -0.15) is 0 Å². The number of nitrogens with one attached hydrogen (secondary N) is 2. The number of rotatable bonds is 14. The summed E-state index contributed by atoms with van der Waals surface area (Å²) in [4.78, 5) is 28.7. The van der Waals surface area contributed by atoms with Crippen LogP contribution in [-0.4, -0.2) is 47.5 Å². The van der Waals surface area contributed by atoms with Crippen LogP contribution < -0.4 is 10.6 Å². The molecule has 6 nitrogen and oxygen atoms in total. The minimum Gasteiger partial charge on any atom is -0.464 e. The summed E-state index contributed by atoms with van der Waals surface area (Å²) in [6.45, 7) is 1.53. The first kappa shape index (κ1) is 37.3. The molecule has 49 heavy (non-hydrogen) atoms. The van der Waals surface area contributed by atoms with Crippen molar-refractivity contribution in [3.8, 4) is 0 Å². The van der Waals surface area contributed by atoms with Crippen molar-refractivity contribution in [2.24, 2.45) is 0 Å². The van der Waals surface area contributed by atoms with Crippen LogP contribution in [0.1, 0.15) is 43.2 Å². The van der Waals surface area contributed by atoms with E-state index >= 15 is 0 Å². The molecular formula is C38H39Cl4N3O3S. The lowest BCUT2D eigenvalue weighted by Gasteiger charge is -2.39. The molecule has 0 unspecified atom stereocenters. The summed E-state index contributed by atoms with van der Waals surface area (Å²) in [5, 5.41) is 8.72. The summed E-state index contributed by atoms with van der Waals surface area (Å²) in [6, 6.07) is 25.9. The van der Waals surface area contributed by atoms with Crippen LogP contribution in [0, 0.1) is 0 Å². The number of carbonyl (C=O) groups is 2. The lowest BCUT2D eigenvalue weighted by molar-refractivity contribution is -0.143. The van der Waals surface area contributed by atoms with Gasteiger partial charge in [-0.3, -0.25) is 9.59 Å². The molecule has 0 aliphatic heterocycles. The summed E-state index contributed by atoms with van der Waals surface area (Å²) in [6.07, 6.45) is 5.63. The van der Waals surface area contributed by atoms with Crippen LogP contribution in [0.15, 0.2) is 84.9 Å². The number of hydrogen-bond donors (Lipinski definition) is 2. The zero-order chi connectivity index (χ0) is 34.8. The third-order valence-corrected chi connectivity index (χ3v) is 11.1. The fraction of sp³-hybridized carbons (Fsp3) is 0.316. The molecule has 0 spiro atoms. The third kappa shape index (κ3) is 10.5.